The number of hydrogen-bond acceptors (Lipinski definition) is 2. The predicted molar refractivity (Wildman–Crippen MR) is 83.7 cm³/mol. The van der Waals surface area contributed by atoms with Crippen molar-refractivity contribution in [1.82, 2.24) is 10.6 Å². The van der Waals surface area contributed by atoms with Crippen LogP contribution in [0.15, 0.2) is 27.7 Å². The number of hydrogen-bond donors (Lipinski definition) is 2. The van der Waals surface area contributed by atoms with Crippen LogP contribution >= 0.6 is 15.9 Å². The Balaban J connectivity index is 2.42. The third kappa shape index (κ3) is 6.34. The first kappa shape index (κ1) is 16.9. The molecule has 112 valence electrons. The molecule has 0 aliphatic rings. The van der Waals surface area contributed by atoms with E-state index in [4.69, 9.17) is 4.74 Å². The summed E-state index contributed by atoms with van der Waals surface area (Å²) >= 11 is 3.19. The summed E-state index contributed by atoms with van der Waals surface area (Å²) in [4.78, 5) is 4.37. The van der Waals surface area contributed by atoms with E-state index in [2.05, 4.69) is 31.6 Å². The first-order chi connectivity index (χ1) is 9.67. The van der Waals surface area contributed by atoms with E-state index in [0.717, 1.165) is 31.0 Å². The Bertz CT molecular complexity index is 440. The van der Waals surface area contributed by atoms with Gasteiger partial charge in [-0.15, -0.1) is 0 Å². The van der Waals surface area contributed by atoms with E-state index in [1.165, 1.54) is 6.07 Å². The van der Waals surface area contributed by atoms with Crippen LogP contribution in [0.4, 0.5) is 4.39 Å². The van der Waals surface area contributed by atoms with Crippen LogP contribution in [-0.4, -0.2) is 39.3 Å². The Morgan fingerprint density at radius 2 is 2.20 bits per heavy atom. The summed E-state index contributed by atoms with van der Waals surface area (Å²) < 4.78 is 18.6. The molecule has 1 aromatic carbocycles. The molecular formula is C14H21BrFN3O. The minimum Gasteiger partial charge on any atom is -0.383 e. The zero-order valence-corrected chi connectivity index (χ0v) is 13.5. The van der Waals surface area contributed by atoms with Crippen LogP contribution < -0.4 is 10.6 Å². The Labute approximate surface area is 127 Å². The van der Waals surface area contributed by atoms with Crippen molar-refractivity contribution in [2.24, 2.45) is 4.99 Å². The summed E-state index contributed by atoms with van der Waals surface area (Å²) in [5.74, 6) is 0.530. The summed E-state index contributed by atoms with van der Waals surface area (Å²) in [6.45, 7) is 4.78. The van der Waals surface area contributed by atoms with Gasteiger partial charge in [0.1, 0.15) is 5.82 Å². The highest BCUT2D eigenvalue weighted by Gasteiger charge is 2.01. The van der Waals surface area contributed by atoms with Gasteiger partial charge >= 0.3 is 0 Å². The van der Waals surface area contributed by atoms with Crippen molar-refractivity contribution in [3.63, 3.8) is 0 Å². The van der Waals surface area contributed by atoms with Gasteiger partial charge in [-0.25, -0.2) is 4.39 Å². The average Bonchev–Trinajstić information content (AvgIpc) is 2.43. The number of nitrogens with zero attached hydrogens (tertiary/aromatic N) is 1. The lowest BCUT2D eigenvalue weighted by atomic mass is 10.1. The molecule has 0 aliphatic heterocycles. The van der Waals surface area contributed by atoms with Crippen molar-refractivity contribution < 1.29 is 9.13 Å². The van der Waals surface area contributed by atoms with Gasteiger partial charge in [0.15, 0.2) is 5.96 Å². The maximum absolute atomic E-state index is 13.1. The van der Waals surface area contributed by atoms with Crippen molar-refractivity contribution in [1.29, 1.82) is 0 Å². The van der Waals surface area contributed by atoms with E-state index in [-0.39, 0.29) is 5.82 Å². The van der Waals surface area contributed by atoms with E-state index in [0.29, 0.717) is 17.6 Å². The summed E-state index contributed by atoms with van der Waals surface area (Å²) in [5, 5.41) is 6.40. The van der Waals surface area contributed by atoms with Gasteiger partial charge < -0.3 is 15.4 Å². The van der Waals surface area contributed by atoms with Gasteiger partial charge in [-0.1, -0.05) is 6.07 Å². The van der Waals surface area contributed by atoms with E-state index in [1.54, 1.807) is 19.2 Å². The van der Waals surface area contributed by atoms with Crippen LogP contribution in [-0.2, 0) is 11.2 Å². The number of ether oxygens (including phenoxy) is 1. The number of methoxy groups -OCH3 is 1. The lowest BCUT2D eigenvalue weighted by Gasteiger charge is -2.11. The van der Waals surface area contributed by atoms with Gasteiger partial charge in [0, 0.05) is 20.2 Å². The van der Waals surface area contributed by atoms with Crippen molar-refractivity contribution in [3.05, 3.63) is 34.1 Å². The van der Waals surface area contributed by atoms with Gasteiger partial charge in [0.2, 0.25) is 0 Å². The maximum Gasteiger partial charge on any atom is 0.191 e. The molecule has 1 rings (SSSR count). The summed E-state index contributed by atoms with van der Waals surface area (Å²) in [6.07, 6.45) is 0.799. The molecule has 0 heterocycles. The smallest absolute Gasteiger partial charge is 0.191 e. The molecule has 0 amide bonds. The molecule has 0 bridgehead atoms. The van der Waals surface area contributed by atoms with Crippen LogP contribution in [0.1, 0.15) is 12.5 Å². The molecule has 0 fully saturated rings. The lowest BCUT2D eigenvalue weighted by Crippen LogP contribution is -2.38. The number of benzene rings is 1. The minimum absolute atomic E-state index is 0.240. The lowest BCUT2D eigenvalue weighted by molar-refractivity contribution is 0.208. The molecule has 0 spiro atoms. The van der Waals surface area contributed by atoms with E-state index >= 15 is 0 Å². The highest BCUT2D eigenvalue weighted by atomic mass is 79.9. The number of nitrogens with one attached hydrogen (secondary N) is 2. The van der Waals surface area contributed by atoms with E-state index in [1.807, 2.05) is 6.92 Å². The fraction of sp³-hybridized carbons (Fsp3) is 0.500. The van der Waals surface area contributed by atoms with Crippen LogP contribution in [0.2, 0.25) is 0 Å². The SMILES string of the molecule is CCNC(=NCCOC)NCCc1ccc(F)c(Br)c1. The third-order valence-corrected chi connectivity index (χ3v) is 3.21. The monoisotopic (exact) mass is 345 g/mol. The van der Waals surface area contributed by atoms with E-state index < -0.39 is 0 Å². The molecule has 0 aliphatic carbocycles. The van der Waals surface area contributed by atoms with Crippen molar-refractivity contribution in [3.8, 4) is 0 Å². The molecule has 1 aromatic rings. The van der Waals surface area contributed by atoms with Crippen molar-refractivity contribution in [2.45, 2.75) is 13.3 Å². The van der Waals surface area contributed by atoms with Gasteiger partial charge in [-0.05, 0) is 47.0 Å². The molecule has 20 heavy (non-hydrogen) atoms. The fourth-order valence-corrected chi connectivity index (χ4v) is 2.04. The summed E-state index contributed by atoms with van der Waals surface area (Å²) in [6, 6.07) is 5.06. The Morgan fingerprint density at radius 3 is 2.85 bits per heavy atom. The van der Waals surface area contributed by atoms with Crippen LogP contribution in [0.25, 0.3) is 0 Å². The number of rotatable bonds is 7. The quantitative estimate of drug-likeness (QED) is 0.453. The zero-order chi connectivity index (χ0) is 14.8. The molecule has 6 heteroatoms. The Morgan fingerprint density at radius 1 is 1.40 bits per heavy atom. The van der Waals surface area contributed by atoms with Crippen molar-refractivity contribution >= 4 is 21.9 Å². The molecule has 0 radical (unpaired) electrons. The zero-order valence-electron chi connectivity index (χ0n) is 11.9. The fourth-order valence-electron chi connectivity index (χ4n) is 1.61. The highest BCUT2D eigenvalue weighted by Crippen LogP contribution is 2.16. The van der Waals surface area contributed by atoms with E-state index in [9.17, 15) is 4.39 Å². The average molecular weight is 346 g/mol. The molecule has 0 saturated carbocycles. The first-order valence-corrected chi connectivity index (χ1v) is 7.41. The normalized spacial score (nSPS) is 11.5. The molecule has 0 saturated heterocycles. The number of guanidine groups is 1. The van der Waals surface area contributed by atoms with Gasteiger partial charge in [0.25, 0.3) is 0 Å². The third-order valence-electron chi connectivity index (χ3n) is 2.60. The Hall–Kier alpha value is -1.14. The molecule has 4 nitrogen and oxygen atoms in total. The largest absolute Gasteiger partial charge is 0.383 e. The molecule has 0 unspecified atom stereocenters. The van der Waals surface area contributed by atoms with Gasteiger partial charge in [-0.3, -0.25) is 4.99 Å². The molecular weight excluding hydrogens is 325 g/mol. The van der Waals surface area contributed by atoms with Gasteiger partial charge in [0.05, 0.1) is 17.6 Å². The highest BCUT2D eigenvalue weighted by molar-refractivity contribution is 9.10. The number of halogens is 2. The molecule has 0 aromatic heterocycles. The maximum atomic E-state index is 13.1. The molecule has 2 N–H and O–H groups in total. The number of aliphatic imine (C=N–C) groups is 1. The second kappa shape index (κ2) is 9.72. The topological polar surface area (TPSA) is 45.7 Å². The van der Waals surface area contributed by atoms with Crippen LogP contribution in [0, 0.1) is 5.82 Å². The summed E-state index contributed by atoms with van der Waals surface area (Å²) in [7, 11) is 1.66. The van der Waals surface area contributed by atoms with Crippen LogP contribution in [0.5, 0.6) is 0 Å². The predicted octanol–water partition coefficient (Wildman–Crippen LogP) is 2.33. The van der Waals surface area contributed by atoms with Crippen molar-refractivity contribution in [2.75, 3.05) is 33.4 Å². The molecule has 0 atom stereocenters. The standard InChI is InChI=1S/C14H21BrFN3O/c1-3-17-14(19-8-9-20-2)18-7-6-11-4-5-13(16)12(15)10-11/h4-5,10H,3,6-9H2,1-2H3,(H2,17,18,19). The summed E-state index contributed by atoms with van der Waals surface area (Å²) in [5.41, 5.74) is 1.07. The van der Waals surface area contributed by atoms with Gasteiger partial charge in [-0.2, -0.15) is 0 Å². The first-order valence-electron chi connectivity index (χ1n) is 6.62. The van der Waals surface area contributed by atoms with Crippen LogP contribution in [0.3, 0.4) is 0 Å². The second-order valence-corrected chi connectivity index (χ2v) is 5.03. The Kier molecular flexibility index (Phi) is 8.22. The minimum atomic E-state index is -0.240. The second-order valence-electron chi connectivity index (χ2n) is 4.18.